The molecule has 104 valence electrons. The Bertz CT molecular complexity index is 431. The summed E-state index contributed by atoms with van der Waals surface area (Å²) < 4.78 is 5.54. The van der Waals surface area contributed by atoms with Crippen molar-refractivity contribution in [3.63, 3.8) is 0 Å². The van der Waals surface area contributed by atoms with E-state index in [9.17, 15) is 0 Å². The number of rotatable bonds is 4. The largest absolute Gasteiger partial charge is 0.496 e. The standard InChI is InChI=1S/C17H25NO/c1-13-5-8-15(9-6-13)16-12-14(4-3-11-18)7-10-17(16)19-2/h3-4,7,10,12-13,15H,5-6,8-9,11,18H2,1-2H3/b4-3+. The summed E-state index contributed by atoms with van der Waals surface area (Å²) in [4.78, 5) is 0. The van der Waals surface area contributed by atoms with E-state index in [1.54, 1.807) is 7.11 Å². The first-order chi connectivity index (χ1) is 9.24. The van der Waals surface area contributed by atoms with Gasteiger partial charge in [0.05, 0.1) is 7.11 Å². The molecule has 0 unspecified atom stereocenters. The lowest BCUT2D eigenvalue weighted by molar-refractivity contribution is 0.336. The van der Waals surface area contributed by atoms with Crippen LogP contribution in [0.15, 0.2) is 24.3 Å². The van der Waals surface area contributed by atoms with E-state index in [2.05, 4.69) is 31.2 Å². The summed E-state index contributed by atoms with van der Waals surface area (Å²) in [5.41, 5.74) is 8.11. The highest BCUT2D eigenvalue weighted by Gasteiger charge is 2.22. The summed E-state index contributed by atoms with van der Waals surface area (Å²) in [5.74, 6) is 2.56. The van der Waals surface area contributed by atoms with E-state index < -0.39 is 0 Å². The second kappa shape index (κ2) is 6.76. The summed E-state index contributed by atoms with van der Waals surface area (Å²) in [6, 6.07) is 6.45. The zero-order valence-electron chi connectivity index (χ0n) is 12.1. The van der Waals surface area contributed by atoms with Crippen LogP contribution in [0, 0.1) is 5.92 Å². The Kier molecular flexibility index (Phi) is 5.03. The lowest BCUT2D eigenvalue weighted by atomic mass is 9.79. The van der Waals surface area contributed by atoms with Crippen LogP contribution in [0.3, 0.4) is 0 Å². The van der Waals surface area contributed by atoms with Gasteiger partial charge in [-0.3, -0.25) is 0 Å². The van der Waals surface area contributed by atoms with Crippen LogP contribution in [-0.2, 0) is 0 Å². The van der Waals surface area contributed by atoms with Gasteiger partial charge in [-0.2, -0.15) is 0 Å². The molecule has 0 amide bonds. The van der Waals surface area contributed by atoms with Gasteiger partial charge in [0.1, 0.15) is 5.75 Å². The highest BCUT2D eigenvalue weighted by molar-refractivity contribution is 5.54. The Morgan fingerprint density at radius 2 is 2.00 bits per heavy atom. The molecule has 0 saturated heterocycles. The fourth-order valence-corrected chi connectivity index (χ4v) is 2.95. The Morgan fingerprint density at radius 1 is 1.26 bits per heavy atom. The molecule has 2 rings (SSSR count). The summed E-state index contributed by atoms with van der Waals surface area (Å²) in [7, 11) is 1.76. The highest BCUT2D eigenvalue weighted by Crippen LogP contribution is 2.39. The molecule has 1 fully saturated rings. The van der Waals surface area contributed by atoms with Crippen molar-refractivity contribution >= 4 is 6.08 Å². The molecule has 2 heteroatoms. The van der Waals surface area contributed by atoms with Crippen LogP contribution in [0.4, 0.5) is 0 Å². The van der Waals surface area contributed by atoms with Crippen LogP contribution in [0.2, 0.25) is 0 Å². The number of nitrogens with two attached hydrogens (primary N) is 1. The third-order valence-corrected chi connectivity index (χ3v) is 4.16. The van der Waals surface area contributed by atoms with Crippen LogP contribution in [-0.4, -0.2) is 13.7 Å². The molecule has 1 saturated carbocycles. The minimum Gasteiger partial charge on any atom is -0.496 e. The van der Waals surface area contributed by atoms with Crippen LogP contribution in [0.25, 0.3) is 6.08 Å². The minimum atomic E-state index is 0.586. The normalized spacial score (nSPS) is 23.7. The summed E-state index contributed by atoms with van der Waals surface area (Å²) in [6.07, 6.45) is 9.31. The molecule has 2 N–H and O–H groups in total. The van der Waals surface area contributed by atoms with Crippen molar-refractivity contribution in [2.45, 2.75) is 38.5 Å². The summed E-state index contributed by atoms with van der Waals surface area (Å²) in [5, 5.41) is 0. The van der Waals surface area contributed by atoms with Gasteiger partial charge in [0.25, 0.3) is 0 Å². The first-order valence-electron chi connectivity index (χ1n) is 7.29. The molecule has 0 heterocycles. The van der Waals surface area contributed by atoms with Crippen molar-refractivity contribution in [3.05, 3.63) is 35.4 Å². The molecule has 0 bridgehead atoms. The third-order valence-electron chi connectivity index (χ3n) is 4.16. The average molecular weight is 259 g/mol. The molecule has 2 nitrogen and oxygen atoms in total. The maximum absolute atomic E-state index is 5.54. The van der Waals surface area contributed by atoms with E-state index in [1.165, 1.54) is 36.8 Å². The van der Waals surface area contributed by atoms with Crippen molar-refractivity contribution in [2.75, 3.05) is 13.7 Å². The Morgan fingerprint density at radius 3 is 2.63 bits per heavy atom. The molecular formula is C17H25NO. The SMILES string of the molecule is COc1ccc(/C=C/CN)cc1C1CCC(C)CC1. The summed E-state index contributed by atoms with van der Waals surface area (Å²) >= 11 is 0. The first kappa shape index (κ1) is 14.1. The molecule has 1 aromatic carbocycles. The van der Waals surface area contributed by atoms with Crippen molar-refractivity contribution in [2.24, 2.45) is 11.7 Å². The fraction of sp³-hybridized carbons (Fsp3) is 0.529. The fourth-order valence-electron chi connectivity index (χ4n) is 2.95. The molecule has 1 aliphatic carbocycles. The van der Waals surface area contributed by atoms with Crippen molar-refractivity contribution in [1.29, 1.82) is 0 Å². The Hall–Kier alpha value is -1.28. The Balaban J connectivity index is 2.23. The van der Waals surface area contributed by atoms with Gasteiger partial charge in [0.15, 0.2) is 0 Å². The van der Waals surface area contributed by atoms with E-state index in [4.69, 9.17) is 10.5 Å². The van der Waals surface area contributed by atoms with E-state index >= 15 is 0 Å². The van der Waals surface area contributed by atoms with Crippen molar-refractivity contribution in [3.8, 4) is 5.75 Å². The molecule has 1 aliphatic rings. The number of ether oxygens (including phenoxy) is 1. The molecule has 0 radical (unpaired) electrons. The molecule has 0 atom stereocenters. The maximum atomic E-state index is 5.54. The Labute approximate surface area is 116 Å². The number of methoxy groups -OCH3 is 1. The topological polar surface area (TPSA) is 35.2 Å². The smallest absolute Gasteiger partial charge is 0.122 e. The average Bonchev–Trinajstić information content (AvgIpc) is 2.45. The predicted molar refractivity (Wildman–Crippen MR) is 81.5 cm³/mol. The van der Waals surface area contributed by atoms with Crippen LogP contribution < -0.4 is 10.5 Å². The van der Waals surface area contributed by atoms with E-state index in [0.29, 0.717) is 12.5 Å². The lowest BCUT2D eigenvalue weighted by Crippen LogP contribution is -2.11. The maximum Gasteiger partial charge on any atom is 0.122 e. The molecule has 0 spiro atoms. The van der Waals surface area contributed by atoms with Crippen molar-refractivity contribution < 1.29 is 4.74 Å². The molecule has 0 aromatic heterocycles. The van der Waals surface area contributed by atoms with Gasteiger partial charge in [-0.1, -0.05) is 38.0 Å². The second-order valence-corrected chi connectivity index (χ2v) is 5.60. The van der Waals surface area contributed by atoms with E-state index in [0.717, 1.165) is 11.7 Å². The van der Waals surface area contributed by atoms with Crippen LogP contribution in [0.5, 0.6) is 5.75 Å². The van der Waals surface area contributed by atoms with E-state index in [-0.39, 0.29) is 0 Å². The number of hydrogen-bond donors (Lipinski definition) is 1. The molecular weight excluding hydrogens is 234 g/mol. The lowest BCUT2D eigenvalue weighted by Gasteiger charge is -2.27. The second-order valence-electron chi connectivity index (χ2n) is 5.60. The monoisotopic (exact) mass is 259 g/mol. The number of benzene rings is 1. The van der Waals surface area contributed by atoms with Crippen LogP contribution >= 0.6 is 0 Å². The van der Waals surface area contributed by atoms with Gasteiger partial charge in [-0.25, -0.2) is 0 Å². The first-order valence-corrected chi connectivity index (χ1v) is 7.29. The third kappa shape index (κ3) is 3.60. The van der Waals surface area contributed by atoms with E-state index in [1.807, 2.05) is 6.08 Å². The molecule has 1 aromatic rings. The highest BCUT2D eigenvalue weighted by atomic mass is 16.5. The van der Waals surface area contributed by atoms with Gasteiger partial charge in [0, 0.05) is 6.54 Å². The quantitative estimate of drug-likeness (QED) is 0.888. The van der Waals surface area contributed by atoms with Gasteiger partial charge in [0.2, 0.25) is 0 Å². The van der Waals surface area contributed by atoms with Gasteiger partial charge in [-0.05, 0) is 47.9 Å². The van der Waals surface area contributed by atoms with Crippen LogP contribution in [0.1, 0.15) is 49.7 Å². The van der Waals surface area contributed by atoms with Gasteiger partial charge >= 0.3 is 0 Å². The predicted octanol–water partition coefficient (Wildman–Crippen LogP) is 3.96. The summed E-state index contributed by atoms with van der Waals surface area (Å²) in [6.45, 7) is 2.94. The zero-order chi connectivity index (χ0) is 13.7. The van der Waals surface area contributed by atoms with Gasteiger partial charge < -0.3 is 10.5 Å². The zero-order valence-corrected chi connectivity index (χ0v) is 12.1. The molecule has 19 heavy (non-hydrogen) atoms. The number of hydrogen-bond acceptors (Lipinski definition) is 2. The minimum absolute atomic E-state index is 0.586. The molecule has 0 aliphatic heterocycles. The van der Waals surface area contributed by atoms with Crippen molar-refractivity contribution in [1.82, 2.24) is 0 Å². The van der Waals surface area contributed by atoms with Gasteiger partial charge in [-0.15, -0.1) is 0 Å².